The molecule has 0 unspecified atom stereocenters. The fourth-order valence-electron chi connectivity index (χ4n) is 3.25. The second-order valence-corrected chi connectivity index (χ2v) is 7.48. The van der Waals surface area contributed by atoms with Crippen LogP contribution in [0.3, 0.4) is 0 Å². The number of ether oxygens (including phenoxy) is 1. The van der Waals surface area contributed by atoms with Gasteiger partial charge in [0, 0.05) is 17.5 Å². The highest BCUT2D eigenvalue weighted by Gasteiger charge is 2.43. The zero-order valence-electron chi connectivity index (χ0n) is 15.2. The van der Waals surface area contributed by atoms with Gasteiger partial charge >= 0.3 is 12.0 Å². The van der Waals surface area contributed by atoms with E-state index < -0.39 is 12.0 Å². The Labute approximate surface area is 165 Å². The van der Waals surface area contributed by atoms with Crippen molar-refractivity contribution in [3.63, 3.8) is 0 Å². The van der Waals surface area contributed by atoms with Gasteiger partial charge in [0.1, 0.15) is 0 Å². The summed E-state index contributed by atoms with van der Waals surface area (Å²) in [5.41, 5.74) is 7.46. The number of hydrogen-bond donors (Lipinski definition) is 3. The molecule has 1 aliphatic carbocycles. The van der Waals surface area contributed by atoms with E-state index >= 15 is 0 Å². The van der Waals surface area contributed by atoms with Gasteiger partial charge in [-0.1, -0.05) is 42.1 Å². The Balaban J connectivity index is 1.76. The number of amides is 2. The number of benzene rings is 1. The second-order valence-electron chi connectivity index (χ2n) is 6.54. The van der Waals surface area contributed by atoms with Crippen molar-refractivity contribution in [3.8, 4) is 0 Å². The lowest BCUT2D eigenvalue weighted by atomic mass is 9.95. The van der Waals surface area contributed by atoms with Gasteiger partial charge in [-0.2, -0.15) is 4.98 Å². The van der Waals surface area contributed by atoms with E-state index in [4.69, 9.17) is 10.5 Å². The first-order valence-electron chi connectivity index (χ1n) is 8.85. The molecule has 1 saturated carbocycles. The minimum Gasteiger partial charge on any atom is -0.466 e. The molecule has 28 heavy (non-hydrogen) atoms. The van der Waals surface area contributed by atoms with Crippen molar-refractivity contribution in [2.75, 3.05) is 18.6 Å². The number of nitrogen functional groups attached to an aromatic ring is 1. The molecule has 2 heterocycles. The SMILES string of the molecule is COC(=O)C1=C(CSc2n[nH]c(N)n2)N(C2CC2)C(=O)N[C@@H]1c1ccccc1. The Hall–Kier alpha value is -3.01. The van der Waals surface area contributed by atoms with Crippen LogP contribution in [-0.2, 0) is 9.53 Å². The van der Waals surface area contributed by atoms with Gasteiger partial charge in [-0.05, 0) is 18.4 Å². The Kier molecular flexibility index (Phi) is 4.95. The van der Waals surface area contributed by atoms with Crippen molar-refractivity contribution in [2.24, 2.45) is 0 Å². The highest BCUT2D eigenvalue weighted by molar-refractivity contribution is 7.99. The molecule has 146 valence electrons. The van der Waals surface area contributed by atoms with Gasteiger partial charge in [0.25, 0.3) is 0 Å². The Morgan fingerprint density at radius 2 is 2.11 bits per heavy atom. The quantitative estimate of drug-likeness (QED) is 0.499. The molecule has 10 heteroatoms. The van der Waals surface area contributed by atoms with Gasteiger partial charge in [-0.3, -0.25) is 4.90 Å². The third kappa shape index (κ3) is 3.55. The smallest absolute Gasteiger partial charge is 0.338 e. The minimum atomic E-state index is -0.580. The van der Waals surface area contributed by atoms with E-state index in [9.17, 15) is 9.59 Å². The molecule has 0 saturated heterocycles. The lowest BCUT2D eigenvalue weighted by Crippen LogP contribution is -2.50. The average Bonchev–Trinajstić information content (AvgIpc) is 3.46. The fourth-order valence-corrected chi connectivity index (χ4v) is 4.08. The summed E-state index contributed by atoms with van der Waals surface area (Å²) in [7, 11) is 1.34. The molecule has 1 aliphatic heterocycles. The van der Waals surface area contributed by atoms with Crippen LogP contribution in [0.15, 0.2) is 46.8 Å². The maximum Gasteiger partial charge on any atom is 0.338 e. The van der Waals surface area contributed by atoms with Crippen LogP contribution in [0.2, 0.25) is 0 Å². The normalized spacial score (nSPS) is 19.5. The minimum absolute atomic E-state index is 0.0872. The number of aromatic nitrogens is 3. The summed E-state index contributed by atoms with van der Waals surface area (Å²) in [4.78, 5) is 31.4. The zero-order chi connectivity index (χ0) is 19.7. The molecule has 4 N–H and O–H groups in total. The van der Waals surface area contributed by atoms with Gasteiger partial charge in [0.15, 0.2) is 0 Å². The van der Waals surface area contributed by atoms with E-state index in [1.807, 2.05) is 30.3 Å². The van der Waals surface area contributed by atoms with E-state index in [0.29, 0.717) is 22.2 Å². The predicted molar refractivity (Wildman–Crippen MR) is 103 cm³/mol. The number of nitrogens with one attached hydrogen (secondary N) is 2. The molecule has 0 spiro atoms. The Bertz CT molecular complexity index is 924. The lowest BCUT2D eigenvalue weighted by molar-refractivity contribution is -0.136. The van der Waals surface area contributed by atoms with Crippen molar-refractivity contribution in [1.82, 2.24) is 25.4 Å². The number of hydrogen-bond acceptors (Lipinski definition) is 7. The first-order valence-corrected chi connectivity index (χ1v) is 9.83. The maximum absolute atomic E-state index is 12.9. The number of urea groups is 1. The van der Waals surface area contributed by atoms with Crippen LogP contribution >= 0.6 is 11.8 Å². The number of H-pyrrole nitrogens is 1. The number of rotatable bonds is 6. The molecule has 1 atom stereocenters. The van der Waals surface area contributed by atoms with Crippen LogP contribution in [0.1, 0.15) is 24.4 Å². The molecule has 4 rings (SSSR count). The van der Waals surface area contributed by atoms with Gasteiger partial charge < -0.3 is 15.8 Å². The molecule has 2 aromatic rings. The molecule has 0 radical (unpaired) electrons. The number of nitrogens with two attached hydrogens (primary N) is 1. The molecule has 1 aromatic carbocycles. The largest absolute Gasteiger partial charge is 0.466 e. The molecule has 1 aromatic heterocycles. The molecule has 0 bridgehead atoms. The topological polar surface area (TPSA) is 126 Å². The van der Waals surface area contributed by atoms with Crippen molar-refractivity contribution < 1.29 is 14.3 Å². The number of nitrogens with zero attached hydrogens (tertiary/aromatic N) is 3. The van der Waals surface area contributed by atoms with E-state index in [1.165, 1.54) is 18.9 Å². The number of methoxy groups -OCH3 is 1. The van der Waals surface area contributed by atoms with E-state index in [1.54, 1.807) is 4.90 Å². The summed E-state index contributed by atoms with van der Waals surface area (Å²) < 4.78 is 5.07. The summed E-state index contributed by atoms with van der Waals surface area (Å²) in [5, 5.41) is 10.0. The van der Waals surface area contributed by atoms with Crippen LogP contribution in [0.5, 0.6) is 0 Å². The van der Waals surface area contributed by atoms with E-state index in [0.717, 1.165) is 18.4 Å². The Morgan fingerprint density at radius 1 is 1.36 bits per heavy atom. The van der Waals surface area contributed by atoms with Crippen LogP contribution < -0.4 is 11.1 Å². The van der Waals surface area contributed by atoms with Crippen molar-refractivity contribution in [3.05, 3.63) is 47.2 Å². The number of carbonyl (C=O) groups excluding carboxylic acids is 2. The second kappa shape index (κ2) is 7.55. The molecular weight excluding hydrogens is 380 g/mol. The number of carbonyl (C=O) groups is 2. The summed E-state index contributed by atoms with van der Waals surface area (Å²) in [6.45, 7) is 0. The van der Waals surface area contributed by atoms with Crippen molar-refractivity contribution in [2.45, 2.75) is 30.1 Å². The fraction of sp³-hybridized carbons (Fsp3) is 0.333. The summed E-state index contributed by atoms with van der Waals surface area (Å²) >= 11 is 1.31. The van der Waals surface area contributed by atoms with Gasteiger partial charge in [0.05, 0.1) is 18.7 Å². The molecule has 1 fully saturated rings. The van der Waals surface area contributed by atoms with Gasteiger partial charge in [-0.25, -0.2) is 14.7 Å². The zero-order valence-corrected chi connectivity index (χ0v) is 16.0. The monoisotopic (exact) mass is 400 g/mol. The van der Waals surface area contributed by atoms with Gasteiger partial charge in [-0.15, -0.1) is 5.10 Å². The molecule has 2 amide bonds. The first-order chi connectivity index (χ1) is 13.6. The van der Waals surface area contributed by atoms with Crippen LogP contribution in [0.25, 0.3) is 0 Å². The number of anilines is 1. The first kappa shape index (κ1) is 18.4. The number of esters is 1. The number of aromatic amines is 1. The van der Waals surface area contributed by atoms with Crippen LogP contribution in [0.4, 0.5) is 10.7 Å². The maximum atomic E-state index is 12.9. The summed E-state index contributed by atoms with van der Waals surface area (Å²) in [6.07, 6.45) is 1.80. The predicted octanol–water partition coefficient (Wildman–Crippen LogP) is 1.83. The van der Waals surface area contributed by atoms with E-state index in [-0.39, 0.29) is 18.0 Å². The summed E-state index contributed by atoms with van der Waals surface area (Å²) in [5.74, 6) is 0.0893. The highest BCUT2D eigenvalue weighted by atomic mass is 32.2. The number of thioether (sulfide) groups is 1. The lowest BCUT2D eigenvalue weighted by Gasteiger charge is -2.36. The molecule has 9 nitrogen and oxygen atoms in total. The molecular formula is C18H20N6O3S. The van der Waals surface area contributed by atoms with Crippen molar-refractivity contribution in [1.29, 1.82) is 0 Å². The Morgan fingerprint density at radius 3 is 2.71 bits per heavy atom. The third-order valence-corrected chi connectivity index (χ3v) is 5.51. The standard InChI is InChI=1S/C18H20N6O3S/c1-27-15(25)13-12(9-28-17-21-16(19)22-23-17)24(11-7-8-11)18(26)20-14(13)10-5-3-2-4-6-10/h2-6,11,14H,7-9H2,1H3,(H,20,26)(H3,19,21,22,23)/t14-/m1/s1. The van der Waals surface area contributed by atoms with Crippen LogP contribution in [0, 0.1) is 0 Å². The summed E-state index contributed by atoms with van der Waals surface area (Å²) in [6, 6.07) is 8.67. The highest BCUT2D eigenvalue weighted by Crippen LogP contribution is 2.39. The van der Waals surface area contributed by atoms with Crippen LogP contribution in [-0.4, -0.2) is 51.0 Å². The third-order valence-electron chi connectivity index (χ3n) is 4.65. The van der Waals surface area contributed by atoms with Gasteiger partial charge in [0.2, 0.25) is 11.1 Å². The molecule has 2 aliphatic rings. The van der Waals surface area contributed by atoms with E-state index in [2.05, 4.69) is 20.5 Å². The van der Waals surface area contributed by atoms with Crippen molar-refractivity contribution >= 4 is 29.7 Å². The average molecular weight is 400 g/mol.